The summed E-state index contributed by atoms with van der Waals surface area (Å²) in [5.74, 6) is 1.26. The first-order valence-corrected chi connectivity index (χ1v) is 7.44. The number of rotatable bonds is 7. The van der Waals surface area contributed by atoms with Crippen LogP contribution in [0.2, 0.25) is 5.02 Å². The van der Waals surface area contributed by atoms with E-state index in [4.69, 9.17) is 11.6 Å². The Morgan fingerprint density at radius 2 is 2.16 bits per heavy atom. The van der Waals surface area contributed by atoms with Crippen LogP contribution in [0.3, 0.4) is 0 Å². The molecule has 0 bridgehead atoms. The molecule has 2 N–H and O–H groups in total. The smallest absolute Gasteiger partial charge is 0.224 e. The zero-order valence-electron chi connectivity index (χ0n) is 10.7. The van der Waals surface area contributed by atoms with Crippen molar-refractivity contribution >= 4 is 34.7 Å². The highest BCUT2D eigenvalue weighted by Gasteiger charge is 2.05. The van der Waals surface area contributed by atoms with Crippen molar-refractivity contribution < 1.29 is 0 Å². The molecule has 102 valence electrons. The number of hydrogen-bond acceptors (Lipinski definition) is 6. The molecule has 0 atom stereocenters. The number of halogens is 1. The highest BCUT2D eigenvalue weighted by molar-refractivity contribution is 7.09. The molecule has 0 aliphatic rings. The SMILES string of the molecule is CCCNc1ncc(Cl)c(NCCc2nccs2)n1. The minimum atomic E-state index is 0.529. The van der Waals surface area contributed by atoms with E-state index in [1.54, 1.807) is 17.5 Å². The first kappa shape index (κ1) is 14.0. The van der Waals surface area contributed by atoms with Crippen LogP contribution in [0.4, 0.5) is 11.8 Å². The van der Waals surface area contributed by atoms with E-state index in [2.05, 4.69) is 32.5 Å². The molecular formula is C12H16ClN5S. The van der Waals surface area contributed by atoms with Crippen LogP contribution in [-0.2, 0) is 6.42 Å². The van der Waals surface area contributed by atoms with Gasteiger partial charge in [-0.15, -0.1) is 11.3 Å². The Kier molecular flexibility index (Phi) is 5.35. The van der Waals surface area contributed by atoms with Gasteiger partial charge < -0.3 is 10.6 Å². The third-order valence-corrected chi connectivity index (χ3v) is 3.51. The summed E-state index contributed by atoms with van der Waals surface area (Å²) in [6, 6.07) is 0. The van der Waals surface area contributed by atoms with E-state index in [9.17, 15) is 0 Å². The molecule has 0 saturated carbocycles. The lowest BCUT2D eigenvalue weighted by molar-refractivity contribution is 0.945. The maximum atomic E-state index is 6.06. The molecule has 0 unspecified atom stereocenters. The van der Waals surface area contributed by atoms with Gasteiger partial charge in [-0.05, 0) is 6.42 Å². The van der Waals surface area contributed by atoms with Gasteiger partial charge in [0.1, 0.15) is 10.8 Å². The van der Waals surface area contributed by atoms with Crippen LogP contribution in [0.1, 0.15) is 18.4 Å². The Morgan fingerprint density at radius 1 is 1.26 bits per heavy atom. The summed E-state index contributed by atoms with van der Waals surface area (Å²) in [6.45, 7) is 3.69. The third kappa shape index (κ3) is 4.33. The third-order valence-electron chi connectivity index (χ3n) is 2.39. The van der Waals surface area contributed by atoms with Gasteiger partial charge in [-0.25, -0.2) is 9.97 Å². The number of anilines is 2. The van der Waals surface area contributed by atoms with Crippen molar-refractivity contribution in [2.45, 2.75) is 19.8 Å². The number of nitrogens with one attached hydrogen (secondary N) is 2. The van der Waals surface area contributed by atoms with Crippen LogP contribution < -0.4 is 10.6 Å². The molecule has 0 radical (unpaired) electrons. The lowest BCUT2D eigenvalue weighted by Gasteiger charge is -2.08. The fourth-order valence-electron chi connectivity index (χ4n) is 1.48. The number of nitrogens with zero attached hydrogens (tertiary/aromatic N) is 3. The van der Waals surface area contributed by atoms with Crippen LogP contribution in [0, 0.1) is 0 Å². The van der Waals surface area contributed by atoms with E-state index >= 15 is 0 Å². The predicted molar refractivity (Wildman–Crippen MR) is 80.1 cm³/mol. The van der Waals surface area contributed by atoms with E-state index in [1.165, 1.54) is 0 Å². The topological polar surface area (TPSA) is 62.7 Å². The lowest BCUT2D eigenvalue weighted by atomic mass is 10.4. The molecule has 0 aliphatic carbocycles. The lowest BCUT2D eigenvalue weighted by Crippen LogP contribution is -2.10. The van der Waals surface area contributed by atoms with Gasteiger partial charge in [-0.3, -0.25) is 0 Å². The van der Waals surface area contributed by atoms with Gasteiger partial charge in [0, 0.05) is 31.1 Å². The number of thiazole rings is 1. The molecule has 7 heteroatoms. The average molecular weight is 298 g/mol. The summed E-state index contributed by atoms with van der Waals surface area (Å²) in [4.78, 5) is 12.7. The van der Waals surface area contributed by atoms with Crippen molar-refractivity contribution in [3.63, 3.8) is 0 Å². The van der Waals surface area contributed by atoms with Crippen molar-refractivity contribution in [1.29, 1.82) is 0 Å². The molecule has 2 heterocycles. The standard InChI is InChI=1S/C12H16ClN5S/c1-2-4-16-12-17-8-9(13)11(18-12)15-5-3-10-14-6-7-19-10/h6-8H,2-5H2,1H3,(H2,15,16,17,18). The molecule has 5 nitrogen and oxygen atoms in total. The highest BCUT2D eigenvalue weighted by atomic mass is 35.5. The fourth-order valence-corrected chi connectivity index (χ4v) is 2.26. The Morgan fingerprint density at radius 3 is 2.89 bits per heavy atom. The van der Waals surface area contributed by atoms with Gasteiger partial charge in [0.15, 0.2) is 0 Å². The molecule has 0 aliphatic heterocycles. The van der Waals surface area contributed by atoms with Gasteiger partial charge >= 0.3 is 0 Å². The molecule has 19 heavy (non-hydrogen) atoms. The Hall–Kier alpha value is -1.40. The normalized spacial score (nSPS) is 10.4. The number of aromatic nitrogens is 3. The van der Waals surface area contributed by atoms with Crippen molar-refractivity contribution in [3.8, 4) is 0 Å². The van der Waals surface area contributed by atoms with Crippen molar-refractivity contribution in [2.75, 3.05) is 23.7 Å². The summed E-state index contributed by atoms with van der Waals surface area (Å²) in [5, 5.41) is 9.95. The van der Waals surface area contributed by atoms with Crippen LogP contribution in [0.25, 0.3) is 0 Å². The van der Waals surface area contributed by atoms with Crippen LogP contribution in [-0.4, -0.2) is 28.0 Å². The van der Waals surface area contributed by atoms with Crippen molar-refractivity contribution in [3.05, 3.63) is 27.8 Å². The Labute approximate surface area is 121 Å². The maximum Gasteiger partial charge on any atom is 0.224 e. The molecular weight excluding hydrogens is 282 g/mol. The van der Waals surface area contributed by atoms with E-state index < -0.39 is 0 Å². The minimum absolute atomic E-state index is 0.529. The van der Waals surface area contributed by atoms with E-state index in [1.807, 2.05) is 11.6 Å². The van der Waals surface area contributed by atoms with E-state index in [0.717, 1.165) is 30.9 Å². The first-order valence-electron chi connectivity index (χ1n) is 6.18. The van der Waals surface area contributed by atoms with Crippen LogP contribution >= 0.6 is 22.9 Å². The maximum absolute atomic E-state index is 6.06. The summed E-state index contributed by atoms with van der Waals surface area (Å²) in [6.07, 6.45) is 5.30. The second-order valence-corrected chi connectivity index (χ2v) is 5.31. The summed E-state index contributed by atoms with van der Waals surface area (Å²) in [7, 11) is 0. The molecule has 0 fully saturated rings. The first-order chi connectivity index (χ1) is 9.29. The molecule has 0 spiro atoms. The van der Waals surface area contributed by atoms with Crippen LogP contribution in [0.15, 0.2) is 17.8 Å². The Bertz CT molecular complexity index is 503. The zero-order chi connectivity index (χ0) is 13.5. The largest absolute Gasteiger partial charge is 0.368 e. The van der Waals surface area contributed by atoms with Gasteiger partial charge in [0.25, 0.3) is 0 Å². The van der Waals surface area contributed by atoms with Crippen LogP contribution in [0.5, 0.6) is 0 Å². The highest BCUT2D eigenvalue weighted by Crippen LogP contribution is 2.19. The summed E-state index contributed by atoms with van der Waals surface area (Å²) >= 11 is 7.71. The van der Waals surface area contributed by atoms with E-state index in [0.29, 0.717) is 16.8 Å². The molecule has 0 amide bonds. The molecule has 2 rings (SSSR count). The van der Waals surface area contributed by atoms with Crippen molar-refractivity contribution in [2.24, 2.45) is 0 Å². The molecule has 2 aromatic heterocycles. The minimum Gasteiger partial charge on any atom is -0.368 e. The second kappa shape index (κ2) is 7.25. The number of hydrogen-bond donors (Lipinski definition) is 2. The second-order valence-electron chi connectivity index (χ2n) is 3.92. The molecule has 0 aromatic carbocycles. The predicted octanol–water partition coefficient (Wildman–Crippen LogP) is 3.06. The molecule has 2 aromatic rings. The van der Waals surface area contributed by atoms with Gasteiger partial charge in [0.05, 0.1) is 11.2 Å². The van der Waals surface area contributed by atoms with Gasteiger partial charge in [-0.1, -0.05) is 18.5 Å². The van der Waals surface area contributed by atoms with E-state index in [-0.39, 0.29) is 0 Å². The van der Waals surface area contributed by atoms with Gasteiger partial charge in [0.2, 0.25) is 5.95 Å². The molecule has 0 saturated heterocycles. The summed E-state index contributed by atoms with van der Waals surface area (Å²) in [5.41, 5.74) is 0. The van der Waals surface area contributed by atoms with Gasteiger partial charge in [-0.2, -0.15) is 4.98 Å². The van der Waals surface area contributed by atoms with Crippen molar-refractivity contribution in [1.82, 2.24) is 15.0 Å². The average Bonchev–Trinajstić information content (AvgIpc) is 2.92. The zero-order valence-corrected chi connectivity index (χ0v) is 12.3. The summed E-state index contributed by atoms with van der Waals surface area (Å²) < 4.78 is 0. The fraction of sp³-hybridized carbons (Fsp3) is 0.417. The monoisotopic (exact) mass is 297 g/mol. The quantitative estimate of drug-likeness (QED) is 0.822. The Balaban J connectivity index is 1.90.